The van der Waals surface area contributed by atoms with Crippen molar-refractivity contribution >= 4 is 21.5 Å². The van der Waals surface area contributed by atoms with Crippen LogP contribution in [0.15, 0.2) is 194 Å². The molecular formula is C58H50O2. The Morgan fingerprint density at radius 1 is 0.333 bits per heavy atom. The number of phenolic OH excluding ortho intramolecular Hbond substituents is 2. The number of aromatic hydroxyl groups is 2. The molecule has 0 amide bonds. The molecule has 0 heterocycles. The smallest absolute Gasteiger partial charge is 0.126 e. The Balaban J connectivity index is 1.15. The summed E-state index contributed by atoms with van der Waals surface area (Å²) in [6.45, 7) is 9.16. The van der Waals surface area contributed by atoms with Crippen LogP contribution in [-0.4, -0.2) is 10.2 Å². The van der Waals surface area contributed by atoms with Crippen molar-refractivity contribution in [3.63, 3.8) is 0 Å². The van der Waals surface area contributed by atoms with Gasteiger partial charge in [0.1, 0.15) is 11.5 Å². The van der Waals surface area contributed by atoms with Gasteiger partial charge in [-0.25, -0.2) is 0 Å². The van der Waals surface area contributed by atoms with Crippen LogP contribution in [-0.2, 0) is 23.7 Å². The summed E-state index contributed by atoms with van der Waals surface area (Å²) < 4.78 is 0. The molecule has 0 bridgehead atoms. The molecule has 294 valence electrons. The monoisotopic (exact) mass is 778 g/mol. The number of hydrogen-bond donors (Lipinski definition) is 2. The van der Waals surface area contributed by atoms with Gasteiger partial charge in [0.05, 0.1) is 0 Å². The van der Waals surface area contributed by atoms with Crippen molar-refractivity contribution in [3.8, 4) is 33.8 Å². The molecule has 0 spiro atoms. The van der Waals surface area contributed by atoms with E-state index in [4.69, 9.17) is 0 Å². The average Bonchev–Trinajstić information content (AvgIpc) is 3.28. The maximum absolute atomic E-state index is 12.0. The first-order chi connectivity index (χ1) is 29.0. The summed E-state index contributed by atoms with van der Waals surface area (Å²) in [5, 5.41) is 28.6. The van der Waals surface area contributed by atoms with E-state index in [-0.39, 0.29) is 0 Å². The van der Waals surface area contributed by atoms with E-state index in [2.05, 4.69) is 210 Å². The molecule has 60 heavy (non-hydrogen) atoms. The van der Waals surface area contributed by atoms with E-state index in [1.807, 2.05) is 12.1 Å². The quantitative estimate of drug-likeness (QED) is 0.145. The molecular weight excluding hydrogens is 729 g/mol. The number of rotatable bonds is 10. The molecule has 2 nitrogen and oxygen atoms in total. The summed E-state index contributed by atoms with van der Waals surface area (Å²) in [6.07, 6.45) is 1.24. The Bertz CT molecular complexity index is 2790. The minimum absolute atomic E-state index is 0.324. The van der Waals surface area contributed by atoms with Crippen molar-refractivity contribution in [1.82, 2.24) is 0 Å². The third-order valence-electron chi connectivity index (χ3n) is 12.7. The lowest BCUT2D eigenvalue weighted by molar-refractivity contribution is 0.470. The summed E-state index contributed by atoms with van der Waals surface area (Å²) in [4.78, 5) is 0. The van der Waals surface area contributed by atoms with Crippen LogP contribution in [0.1, 0.15) is 72.2 Å². The summed E-state index contributed by atoms with van der Waals surface area (Å²) in [6, 6.07) is 68.3. The number of phenols is 2. The zero-order chi connectivity index (χ0) is 41.4. The van der Waals surface area contributed by atoms with Crippen LogP contribution >= 0.6 is 0 Å². The molecule has 0 aliphatic rings. The molecule has 0 saturated carbocycles. The summed E-state index contributed by atoms with van der Waals surface area (Å²) in [5.41, 5.74) is 11.6. The molecule has 2 heteroatoms. The van der Waals surface area contributed by atoms with Gasteiger partial charge in [0.15, 0.2) is 0 Å². The molecule has 0 aliphatic heterocycles. The Kier molecular flexibility index (Phi) is 10.1. The van der Waals surface area contributed by atoms with Crippen LogP contribution in [0.3, 0.4) is 0 Å². The van der Waals surface area contributed by atoms with Gasteiger partial charge in [0.25, 0.3) is 0 Å². The van der Waals surface area contributed by atoms with E-state index in [1.165, 1.54) is 21.9 Å². The van der Waals surface area contributed by atoms with Crippen LogP contribution in [0, 0.1) is 0 Å². The van der Waals surface area contributed by atoms with Gasteiger partial charge in [-0.3, -0.25) is 0 Å². The van der Waals surface area contributed by atoms with Crippen molar-refractivity contribution in [2.45, 2.75) is 51.4 Å². The van der Waals surface area contributed by atoms with Crippen LogP contribution in [0.5, 0.6) is 11.5 Å². The van der Waals surface area contributed by atoms with Crippen molar-refractivity contribution in [2.24, 2.45) is 0 Å². The molecule has 0 atom stereocenters. The molecule has 9 aromatic carbocycles. The second kappa shape index (κ2) is 15.7. The number of fused-ring (bicyclic) bond motifs is 2. The van der Waals surface area contributed by atoms with E-state index >= 15 is 0 Å². The molecule has 0 aromatic heterocycles. The fraction of sp³-hybridized carbons (Fsp3) is 0.138. The van der Waals surface area contributed by atoms with Crippen molar-refractivity contribution in [3.05, 3.63) is 239 Å². The Morgan fingerprint density at radius 2 is 0.717 bits per heavy atom. The Morgan fingerprint density at radius 3 is 1.13 bits per heavy atom. The van der Waals surface area contributed by atoms with Gasteiger partial charge in [0.2, 0.25) is 0 Å². The van der Waals surface area contributed by atoms with E-state index < -0.39 is 10.8 Å². The zero-order valence-corrected chi connectivity index (χ0v) is 34.8. The number of hydrogen-bond acceptors (Lipinski definition) is 2. The van der Waals surface area contributed by atoms with Crippen LogP contribution in [0.4, 0.5) is 0 Å². The second-order valence-corrected chi connectivity index (χ2v) is 17.3. The lowest BCUT2D eigenvalue weighted by Gasteiger charge is -2.32. The van der Waals surface area contributed by atoms with Gasteiger partial charge >= 0.3 is 0 Å². The van der Waals surface area contributed by atoms with Gasteiger partial charge in [-0.2, -0.15) is 0 Å². The molecule has 0 unspecified atom stereocenters. The van der Waals surface area contributed by atoms with E-state index in [9.17, 15) is 10.2 Å². The van der Waals surface area contributed by atoms with Gasteiger partial charge in [-0.05, 0) is 101 Å². The Hall–Kier alpha value is -6.90. The first-order valence-electron chi connectivity index (χ1n) is 20.9. The zero-order valence-electron chi connectivity index (χ0n) is 34.8. The van der Waals surface area contributed by atoms with Crippen LogP contribution in [0.25, 0.3) is 43.8 Å². The molecule has 0 radical (unpaired) electrons. The minimum Gasteiger partial charge on any atom is -0.507 e. The van der Waals surface area contributed by atoms with Gasteiger partial charge in [0, 0.05) is 34.8 Å². The highest BCUT2D eigenvalue weighted by atomic mass is 16.3. The second-order valence-electron chi connectivity index (χ2n) is 17.3. The SMILES string of the molecule is CC(C)(c1cccc(C(C)(C)c2cc(Cc3ccccc3)c(O)c(-c3ccc4ccccc4c3)c2)c1)c1cc(Cc2ccccc2)c(O)c(-c2ccc3ccccc3c2)c1. The predicted octanol–water partition coefficient (Wildman–Crippen LogP) is 14.6. The molecule has 0 saturated heterocycles. The largest absolute Gasteiger partial charge is 0.507 e. The summed E-state index contributed by atoms with van der Waals surface area (Å²) >= 11 is 0. The maximum atomic E-state index is 12.0. The standard InChI is InChI=1S/C58H50O2/c1-57(2,51-34-47(30-39-16-7-5-8-17-39)55(59)53(37-51)45-28-26-41-20-11-13-22-43(41)32-45)49-24-15-25-50(36-49)58(3,4)52-35-48(31-40-18-9-6-10-19-40)56(60)54(38-52)46-29-27-42-21-12-14-23-44(42)33-46/h5-29,32-38,59-60H,30-31H2,1-4H3. The predicted molar refractivity (Wildman–Crippen MR) is 251 cm³/mol. The molecule has 9 rings (SSSR count). The summed E-state index contributed by atoms with van der Waals surface area (Å²) in [7, 11) is 0. The number of benzene rings is 9. The third kappa shape index (κ3) is 7.46. The highest BCUT2D eigenvalue weighted by Gasteiger charge is 2.31. The lowest BCUT2D eigenvalue weighted by atomic mass is 9.72. The van der Waals surface area contributed by atoms with Gasteiger partial charge in [-0.1, -0.05) is 198 Å². The topological polar surface area (TPSA) is 40.5 Å². The first kappa shape index (κ1) is 38.6. The minimum atomic E-state index is -0.416. The highest BCUT2D eigenvalue weighted by Crippen LogP contribution is 2.45. The molecule has 2 N–H and O–H groups in total. The van der Waals surface area contributed by atoms with Crippen molar-refractivity contribution < 1.29 is 10.2 Å². The molecule has 0 fully saturated rings. The fourth-order valence-corrected chi connectivity index (χ4v) is 8.80. The summed E-state index contributed by atoms with van der Waals surface area (Å²) in [5.74, 6) is 0.647. The van der Waals surface area contributed by atoms with Crippen molar-refractivity contribution in [2.75, 3.05) is 0 Å². The fourth-order valence-electron chi connectivity index (χ4n) is 8.80. The maximum Gasteiger partial charge on any atom is 0.126 e. The lowest BCUT2D eigenvalue weighted by Crippen LogP contribution is -2.23. The Labute approximate surface area is 354 Å². The van der Waals surface area contributed by atoms with E-state index in [0.717, 1.165) is 66.4 Å². The molecule has 9 aromatic rings. The highest BCUT2D eigenvalue weighted by molar-refractivity contribution is 5.90. The van der Waals surface area contributed by atoms with Gasteiger partial charge in [-0.15, -0.1) is 0 Å². The van der Waals surface area contributed by atoms with E-state index in [0.29, 0.717) is 24.3 Å². The first-order valence-corrected chi connectivity index (χ1v) is 20.9. The van der Waals surface area contributed by atoms with E-state index in [1.54, 1.807) is 0 Å². The normalized spacial score (nSPS) is 11.9. The molecule has 0 aliphatic carbocycles. The van der Waals surface area contributed by atoms with Crippen molar-refractivity contribution in [1.29, 1.82) is 0 Å². The third-order valence-corrected chi connectivity index (χ3v) is 12.7. The van der Waals surface area contributed by atoms with Crippen LogP contribution in [0.2, 0.25) is 0 Å². The van der Waals surface area contributed by atoms with Crippen LogP contribution < -0.4 is 0 Å². The van der Waals surface area contributed by atoms with Gasteiger partial charge < -0.3 is 10.2 Å². The average molecular weight is 779 g/mol.